The normalized spacial score (nSPS) is 14.1. The molecule has 2 rings (SSSR count). The van der Waals surface area contributed by atoms with Gasteiger partial charge in [-0.2, -0.15) is 0 Å². The van der Waals surface area contributed by atoms with Crippen molar-refractivity contribution in [3.05, 3.63) is 64.5 Å². The molecule has 106 valence electrons. The Balaban J connectivity index is 2.19. The van der Waals surface area contributed by atoms with E-state index in [0.29, 0.717) is 6.04 Å². The predicted molar refractivity (Wildman–Crippen MR) is 84.9 cm³/mol. The lowest BCUT2D eigenvalue weighted by Crippen LogP contribution is -2.24. The molecule has 2 heteroatoms. The van der Waals surface area contributed by atoms with Gasteiger partial charge in [-0.3, -0.25) is 4.98 Å². The molecule has 0 radical (unpaired) electrons. The van der Waals surface area contributed by atoms with Crippen LogP contribution in [-0.2, 0) is 0 Å². The lowest BCUT2D eigenvalue weighted by Gasteiger charge is -2.23. The van der Waals surface area contributed by atoms with E-state index in [-0.39, 0.29) is 6.04 Å². The largest absolute Gasteiger partial charge is 0.302 e. The lowest BCUT2D eigenvalue weighted by molar-refractivity contribution is 0.483. The number of nitrogens with one attached hydrogen (secondary N) is 1. The summed E-state index contributed by atoms with van der Waals surface area (Å²) in [5.41, 5.74) is 6.53. The standard InChI is InChI=1S/C18H24N2/c1-12-10-13(2)18(14(3)11-12)16(5)20-15(4)17-8-6-7-9-19-17/h6-11,15-16,20H,1-5H3. The summed E-state index contributed by atoms with van der Waals surface area (Å²) in [4.78, 5) is 4.42. The second kappa shape index (κ2) is 6.19. The van der Waals surface area contributed by atoms with Crippen LogP contribution in [0.4, 0.5) is 0 Å². The van der Waals surface area contributed by atoms with Crippen LogP contribution in [0.3, 0.4) is 0 Å². The number of hydrogen-bond acceptors (Lipinski definition) is 2. The molecule has 1 heterocycles. The summed E-state index contributed by atoms with van der Waals surface area (Å²) < 4.78 is 0. The minimum Gasteiger partial charge on any atom is -0.302 e. The molecule has 2 atom stereocenters. The molecule has 0 bridgehead atoms. The first-order valence-electron chi connectivity index (χ1n) is 7.23. The molecular formula is C18H24N2. The van der Waals surface area contributed by atoms with Crippen molar-refractivity contribution in [2.24, 2.45) is 0 Å². The van der Waals surface area contributed by atoms with Gasteiger partial charge in [0.25, 0.3) is 0 Å². The van der Waals surface area contributed by atoms with Gasteiger partial charge in [0, 0.05) is 18.3 Å². The summed E-state index contributed by atoms with van der Waals surface area (Å²) in [6, 6.07) is 11.1. The summed E-state index contributed by atoms with van der Waals surface area (Å²) >= 11 is 0. The van der Waals surface area contributed by atoms with Gasteiger partial charge in [-0.25, -0.2) is 0 Å². The maximum Gasteiger partial charge on any atom is 0.0570 e. The number of rotatable bonds is 4. The van der Waals surface area contributed by atoms with Crippen LogP contribution in [0.1, 0.15) is 53.9 Å². The van der Waals surface area contributed by atoms with E-state index in [1.165, 1.54) is 22.3 Å². The molecular weight excluding hydrogens is 244 g/mol. The van der Waals surface area contributed by atoms with Gasteiger partial charge in [0.2, 0.25) is 0 Å². The number of aryl methyl sites for hydroxylation is 3. The Labute approximate surface area is 122 Å². The van der Waals surface area contributed by atoms with E-state index in [2.05, 4.69) is 63.1 Å². The van der Waals surface area contributed by atoms with Crippen LogP contribution in [0.5, 0.6) is 0 Å². The summed E-state index contributed by atoms with van der Waals surface area (Å²) in [5, 5.41) is 3.65. The minimum atomic E-state index is 0.242. The monoisotopic (exact) mass is 268 g/mol. The van der Waals surface area contributed by atoms with Crippen LogP contribution in [0.2, 0.25) is 0 Å². The molecule has 1 aromatic heterocycles. The summed E-state index contributed by atoms with van der Waals surface area (Å²) in [5.74, 6) is 0. The van der Waals surface area contributed by atoms with Gasteiger partial charge < -0.3 is 5.32 Å². The smallest absolute Gasteiger partial charge is 0.0570 e. The highest BCUT2D eigenvalue weighted by atomic mass is 15.0. The zero-order valence-corrected chi connectivity index (χ0v) is 13.1. The maximum atomic E-state index is 4.42. The first-order chi connectivity index (χ1) is 9.49. The second-order valence-electron chi connectivity index (χ2n) is 5.68. The Hall–Kier alpha value is -1.67. The molecule has 20 heavy (non-hydrogen) atoms. The average molecular weight is 268 g/mol. The molecule has 0 amide bonds. The fraction of sp³-hybridized carbons (Fsp3) is 0.389. The topological polar surface area (TPSA) is 24.9 Å². The van der Waals surface area contributed by atoms with Crippen molar-refractivity contribution in [2.45, 2.75) is 46.7 Å². The zero-order valence-electron chi connectivity index (χ0n) is 13.1. The molecule has 0 saturated carbocycles. The molecule has 0 aliphatic heterocycles. The van der Waals surface area contributed by atoms with Gasteiger partial charge in [0.15, 0.2) is 0 Å². The number of hydrogen-bond donors (Lipinski definition) is 1. The summed E-state index contributed by atoms with van der Waals surface area (Å²) in [6.45, 7) is 10.9. The molecule has 0 saturated heterocycles. The van der Waals surface area contributed by atoms with Crippen molar-refractivity contribution >= 4 is 0 Å². The Morgan fingerprint density at radius 2 is 1.60 bits per heavy atom. The fourth-order valence-corrected chi connectivity index (χ4v) is 3.05. The van der Waals surface area contributed by atoms with Crippen LogP contribution in [-0.4, -0.2) is 4.98 Å². The zero-order chi connectivity index (χ0) is 14.7. The summed E-state index contributed by atoms with van der Waals surface area (Å²) in [6.07, 6.45) is 1.85. The van der Waals surface area contributed by atoms with Crippen molar-refractivity contribution < 1.29 is 0 Å². The predicted octanol–water partition coefficient (Wildman–Crippen LogP) is 4.42. The van der Waals surface area contributed by atoms with E-state index in [0.717, 1.165) is 5.69 Å². The third-order valence-electron chi connectivity index (χ3n) is 3.80. The van der Waals surface area contributed by atoms with Gasteiger partial charge in [0.1, 0.15) is 0 Å². The van der Waals surface area contributed by atoms with Gasteiger partial charge in [-0.05, 0) is 63.4 Å². The number of aromatic nitrogens is 1. The highest BCUT2D eigenvalue weighted by molar-refractivity contribution is 5.39. The third-order valence-corrected chi connectivity index (χ3v) is 3.80. The Morgan fingerprint density at radius 3 is 2.15 bits per heavy atom. The van der Waals surface area contributed by atoms with E-state index >= 15 is 0 Å². The highest BCUT2D eigenvalue weighted by Gasteiger charge is 2.15. The quantitative estimate of drug-likeness (QED) is 0.888. The van der Waals surface area contributed by atoms with Crippen LogP contribution >= 0.6 is 0 Å². The Bertz CT molecular complexity index is 552. The molecule has 0 fully saturated rings. The van der Waals surface area contributed by atoms with E-state index in [9.17, 15) is 0 Å². The minimum absolute atomic E-state index is 0.242. The van der Waals surface area contributed by atoms with E-state index < -0.39 is 0 Å². The molecule has 1 aromatic carbocycles. The molecule has 2 nitrogen and oxygen atoms in total. The second-order valence-corrected chi connectivity index (χ2v) is 5.68. The average Bonchev–Trinajstić information content (AvgIpc) is 2.38. The number of nitrogens with zero attached hydrogens (tertiary/aromatic N) is 1. The first-order valence-corrected chi connectivity index (χ1v) is 7.23. The number of pyridine rings is 1. The van der Waals surface area contributed by atoms with Crippen LogP contribution in [0.15, 0.2) is 36.5 Å². The number of benzene rings is 1. The van der Waals surface area contributed by atoms with Gasteiger partial charge in [-0.1, -0.05) is 23.8 Å². The van der Waals surface area contributed by atoms with E-state index in [4.69, 9.17) is 0 Å². The van der Waals surface area contributed by atoms with E-state index in [1.54, 1.807) is 0 Å². The van der Waals surface area contributed by atoms with Crippen LogP contribution < -0.4 is 5.32 Å². The van der Waals surface area contributed by atoms with Gasteiger partial charge in [-0.15, -0.1) is 0 Å². The van der Waals surface area contributed by atoms with Crippen molar-refractivity contribution in [1.82, 2.24) is 10.3 Å². The van der Waals surface area contributed by atoms with Crippen LogP contribution in [0, 0.1) is 20.8 Å². The first kappa shape index (κ1) is 14.7. The highest BCUT2D eigenvalue weighted by Crippen LogP contribution is 2.25. The molecule has 2 unspecified atom stereocenters. The van der Waals surface area contributed by atoms with Crippen molar-refractivity contribution in [1.29, 1.82) is 0 Å². The lowest BCUT2D eigenvalue weighted by atomic mass is 9.94. The molecule has 0 aliphatic rings. The Kier molecular flexibility index (Phi) is 4.56. The van der Waals surface area contributed by atoms with Gasteiger partial charge >= 0.3 is 0 Å². The summed E-state index contributed by atoms with van der Waals surface area (Å²) in [7, 11) is 0. The molecule has 2 aromatic rings. The molecule has 1 N–H and O–H groups in total. The maximum absolute atomic E-state index is 4.42. The van der Waals surface area contributed by atoms with Gasteiger partial charge in [0.05, 0.1) is 5.69 Å². The van der Waals surface area contributed by atoms with Crippen molar-refractivity contribution in [2.75, 3.05) is 0 Å². The molecule has 0 aliphatic carbocycles. The molecule has 0 spiro atoms. The van der Waals surface area contributed by atoms with E-state index in [1.807, 2.05) is 18.3 Å². The third kappa shape index (κ3) is 3.26. The van der Waals surface area contributed by atoms with Crippen LogP contribution in [0.25, 0.3) is 0 Å². The fourth-order valence-electron chi connectivity index (χ4n) is 3.05. The SMILES string of the molecule is Cc1cc(C)c(C(C)NC(C)c2ccccn2)c(C)c1. The van der Waals surface area contributed by atoms with Crippen molar-refractivity contribution in [3.8, 4) is 0 Å². The Morgan fingerprint density at radius 1 is 0.950 bits per heavy atom. The van der Waals surface area contributed by atoms with Crippen molar-refractivity contribution in [3.63, 3.8) is 0 Å².